The van der Waals surface area contributed by atoms with E-state index in [1.165, 1.54) is 5.56 Å². The van der Waals surface area contributed by atoms with Crippen LogP contribution in [0.4, 0.5) is 0 Å². The van der Waals surface area contributed by atoms with Gasteiger partial charge in [-0.2, -0.15) is 0 Å². The van der Waals surface area contributed by atoms with Gasteiger partial charge in [-0.1, -0.05) is 29.8 Å². The number of aliphatic hydroxyl groups is 1. The number of hydrogen-bond acceptors (Lipinski definition) is 4. The number of aliphatic hydroxyl groups excluding tert-OH is 1. The van der Waals surface area contributed by atoms with Crippen LogP contribution in [0.2, 0.25) is 0 Å². The second-order valence-corrected chi connectivity index (χ2v) is 5.40. The molecule has 4 heteroatoms. The van der Waals surface area contributed by atoms with Crippen molar-refractivity contribution in [2.45, 2.75) is 19.4 Å². The summed E-state index contributed by atoms with van der Waals surface area (Å²) in [6.07, 6.45) is 0.216. The summed E-state index contributed by atoms with van der Waals surface area (Å²) in [5.41, 5.74) is 2.01. The summed E-state index contributed by atoms with van der Waals surface area (Å²) in [5, 5.41) is 10.2. The van der Waals surface area contributed by atoms with Crippen molar-refractivity contribution in [2.24, 2.45) is 0 Å². The Morgan fingerprint density at radius 1 is 1.05 bits per heavy atom. The molecule has 0 fully saturated rings. The summed E-state index contributed by atoms with van der Waals surface area (Å²) in [6.45, 7) is 3.52. The Morgan fingerprint density at radius 3 is 2.55 bits per heavy atom. The first-order chi connectivity index (χ1) is 10.7. The van der Waals surface area contributed by atoms with Crippen LogP contribution in [0.15, 0.2) is 42.5 Å². The summed E-state index contributed by atoms with van der Waals surface area (Å²) in [4.78, 5) is 0. The largest absolute Gasteiger partial charge is 0.490 e. The standard InChI is InChI=1S/C18H20O4/c1-13-3-5-14(6-4-13)16(19)12-22-15-7-8-17-18(11-15)21-10-2-9-20-17/h3-8,11,16,19H,2,9-10,12H2,1H3. The average molecular weight is 300 g/mol. The fourth-order valence-corrected chi connectivity index (χ4v) is 2.29. The number of benzene rings is 2. The first kappa shape index (κ1) is 14.7. The molecule has 2 aromatic carbocycles. The van der Waals surface area contributed by atoms with Gasteiger partial charge in [-0.25, -0.2) is 0 Å². The fraction of sp³-hybridized carbons (Fsp3) is 0.333. The predicted octanol–water partition coefficient (Wildman–Crippen LogP) is 3.27. The van der Waals surface area contributed by atoms with E-state index in [2.05, 4.69) is 0 Å². The minimum Gasteiger partial charge on any atom is -0.490 e. The van der Waals surface area contributed by atoms with Crippen LogP contribution in [0.5, 0.6) is 17.2 Å². The van der Waals surface area contributed by atoms with Gasteiger partial charge < -0.3 is 19.3 Å². The van der Waals surface area contributed by atoms with E-state index in [1.54, 1.807) is 0 Å². The van der Waals surface area contributed by atoms with Gasteiger partial charge in [0.15, 0.2) is 11.5 Å². The third-order valence-corrected chi connectivity index (χ3v) is 3.59. The zero-order valence-corrected chi connectivity index (χ0v) is 12.6. The molecule has 1 atom stereocenters. The maximum absolute atomic E-state index is 10.2. The molecule has 0 bridgehead atoms. The molecular formula is C18H20O4. The lowest BCUT2D eigenvalue weighted by Crippen LogP contribution is -2.09. The topological polar surface area (TPSA) is 47.9 Å². The van der Waals surface area contributed by atoms with Gasteiger partial charge in [0.1, 0.15) is 18.5 Å². The SMILES string of the molecule is Cc1ccc(C(O)COc2ccc3c(c2)OCCCO3)cc1. The summed E-state index contributed by atoms with van der Waals surface area (Å²) >= 11 is 0. The quantitative estimate of drug-likeness (QED) is 0.941. The van der Waals surface area contributed by atoms with Crippen molar-refractivity contribution in [3.8, 4) is 17.2 Å². The molecular weight excluding hydrogens is 280 g/mol. The van der Waals surface area contributed by atoms with Crippen LogP contribution in [0.1, 0.15) is 23.7 Å². The fourth-order valence-electron chi connectivity index (χ4n) is 2.29. The minimum atomic E-state index is -0.656. The van der Waals surface area contributed by atoms with E-state index < -0.39 is 6.10 Å². The second kappa shape index (κ2) is 6.71. The minimum absolute atomic E-state index is 0.197. The summed E-state index contributed by atoms with van der Waals surface area (Å²) in [7, 11) is 0. The number of ether oxygens (including phenoxy) is 3. The van der Waals surface area contributed by atoms with Crippen molar-refractivity contribution >= 4 is 0 Å². The van der Waals surface area contributed by atoms with Gasteiger partial charge in [0, 0.05) is 12.5 Å². The number of rotatable bonds is 4. The Hall–Kier alpha value is -2.20. The van der Waals surface area contributed by atoms with Crippen LogP contribution in [0.3, 0.4) is 0 Å². The molecule has 2 aromatic rings. The van der Waals surface area contributed by atoms with Crippen LogP contribution >= 0.6 is 0 Å². The van der Waals surface area contributed by atoms with Crippen molar-refractivity contribution in [2.75, 3.05) is 19.8 Å². The zero-order chi connectivity index (χ0) is 15.4. The van der Waals surface area contributed by atoms with Crippen LogP contribution in [0.25, 0.3) is 0 Å². The van der Waals surface area contributed by atoms with E-state index in [0.717, 1.165) is 17.7 Å². The first-order valence-corrected chi connectivity index (χ1v) is 7.49. The monoisotopic (exact) mass is 300 g/mol. The Labute approximate surface area is 130 Å². The van der Waals surface area contributed by atoms with Crippen molar-refractivity contribution in [1.82, 2.24) is 0 Å². The van der Waals surface area contributed by atoms with E-state index in [0.29, 0.717) is 24.7 Å². The molecule has 4 nitrogen and oxygen atoms in total. The van der Waals surface area contributed by atoms with Gasteiger partial charge in [0.05, 0.1) is 13.2 Å². The Balaban J connectivity index is 1.63. The number of aryl methyl sites for hydroxylation is 1. The smallest absolute Gasteiger partial charge is 0.164 e. The summed E-state index contributed by atoms with van der Waals surface area (Å²) in [6, 6.07) is 13.3. The maximum atomic E-state index is 10.2. The molecule has 0 saturated carbocycles. The first-order valence-electron chi connectivity index (χ1n) is 7.49. The molecule has 0 aromatic heterocycles. The maximum Gasteiger partial charge on any atom is 0.164 e. The number of fused-ring (bicyclic) bond motifs is 1. The Kier molecular flexibility index (Phi) is 4.49. The molecule has 116 valence electrons. The highest BCUT2D eigenvalue weighted by atomic mass is 16.5. The van der Waals surface area contributed by atoms with Crippen molar-refractivity contribution < 1.29 is 19.3 Å². The summed E-state index contributed by atoms with van der Waals surface area (Å²) < 4.78 is 16.9. The highest BCUT2D eigenvalue weighted by molar-refractivity contribution is 5.45. The Morgan fingerprint density at radius 2 is 1.77 bits per heavy atom. The molecule has 3 rings (SSSR count). The van der Waals surface area contributed by atoms with Crippen LogP contribution in [-0.4, -0.2) is 24.9 Å². The van der Waals surface area contributed by atoms with E-state index >= 15 is 0 Å². The molecule has 1 unspecified atom stereocenters. The van der Waals surface area contributed by atoms with Gasteiger partial charge in [-0.05, 0) is 24.6 Å². The summed E-state index contributed by atoms with van der Waals surface area (Å²) in [5.74, 6) is 2.10. The molecule has 1 heterocycles. The molecule has 0 aliphatic carbocycles. The lowest BCUT2D eigenvalue weighted by atomic mass is 10.1. The zero-order valence-electron chi connectivity index (χ0n) is 12.6. The van der Waals surface area contributed by atoms with Gasteiger partial charge in [-0.3, -0.25) is 0 Å². The molecule has 0 spiro atoms. The van der Waals surface area contributed by atoms with Crippen LogP contribution in [-0.2, 0) is 0 Å². The van der Waals surface area contributed by atoms with E-state index in [-0.39, 0.29) is 6.61 Å². The highest BCUT2D eigenvalue weighted by Crippen LogP contribution is 2.33. The molecule has 1 aliphatic heterocycles. The molecule has 0 radical (unpaired) electrons. The predicted molar refractivity (Wildman–Crippen MR) is 83.7 cm³/mol. The average Bonchev–Trinajstić information content (AvgIpc) is 2.78. The number of hydrogen-bond donors (Lipinski definition) is 1. The van der Waals surface area contributed by atoms with Crippen molar-refractivity contribution in [1.29, 1.82) is 0 Å². The normalized spacial score (nSPS) is 15.0. The lowest BCUT2D eigenvalue weighted by molar-refractivity contribution is 0.108. The molecule has 1 N–H and O–H groups in total. The highest BCUT2D eigenvalue weighted by Gasteiger charge is 2.13. The molecule has 22 heavy (non-hydrogen) atoms. The van der Waals surface area contributed by atoms with E-state index in [1.807, 2.05) is 49.4 Å². The van der Waals surface area contributed by atoms with Crippen molar-refractivity contribution in [3.63, 3.8) is 0 Å². The molecule has 0 amide bonds. The van der Waals surface area contributed by atoms with Gasteiger partial charge in [-0.15, -0.1) is 0 Å². The van der Waals surface area contributed by atoms with Gasteiger partial charge in [0.25, 0.3) is 0 Å². The van der Waals surface area contributed by atoms with Crippen LogP contribution in [0, 0.1) is 6.92 Å². The Bertz CT molecular complexity index is 621. The van der Waals surface area contributed by atoms with E-state index in [4.69, 9.17) is 14.2 Å². The van der Waals surface area contributed by atoms with E-state index in [9.17, 15) is 5.11 Å². The van der Waals surface area contributed by atoms with Crippen molar-refractivity contribution in [3.05, 3.63) is 53.6 Å². The lowest BCUT2D eigenvalue weighted by Gasteiger charge is -2.14. The third-order valence-electron chi connectivity index (χ3n) is 3.59. The van der Waals surface area contributed by atoms with Gasteiger partial charge in [0.2, 0.25) is 0 Å². The second-order valence-electron chi connectivity index (χ2n) is 5.40. The molecule has 0 saturated heterocycles. The third kappa shape index (κ3) is 3.52. The molecule has 1 aliphatic rings. The van der Waals surface area contributed by atoms with Gasteiger partial charge >= 0.3 is 0 Å². The van der Waals surface area contributed by atoms with Crippen LogP contribution < -0.4 is 14.2 Å².